The van der Waals surface area contributed by atoms with Crippen LogP contribution >= 0.6 is 11.6 Å². The minimum absolute atomic E-state index is 0.146. The molecule has 2 aromatic carbocycles. The Labute approximate surface area is 189 Å². The Bertz CT molecular complexity index is 1010. The molecular weight excluding hydrogens is 438 g/mol. The first-order valence-electron chi connectivity index (χ1n) is 9.86. The van der Waals surface area contributed by atoms with Crippen molar-refractivity contribution in [2.24, 2.45) is 0 Å². The third-order valence-electron chi connectivity index (χ3n) is 4.90. The lowest BCUT2D eigenvalue weighted by atomic mass is 10.1. The molecule has 0 aliphatic carbocycles. The molecule has 168 valence electrons. The summed E-state index contributed by atoms with van der Waals surface area (Å²) >= 11 is 5.95. The van der Waals surface area contributed by atoms with Crippen molar-refractivity contribution >= 4 is 39.1 Å². The predicted octanol–water partition coefficient (Wildman–Crippen LogP) is 2.97. The van der Waals surface area contributed by atoms with Crippen molar-refractivity contribution in [1.82, 2.24) is 10.2 Å². The lowest BCUT2D eigenvalue weighted by Gasteiger charge is -2.32. The van der Waals surface area contributed by atoms with Gasteiger partial charge in [-0.15, -0.1) is 0 Å². The highest BCUT2D eigenvalue weighted by Crippen LogP contribution is 2.20. The van der Waals surface area contributed by atoms with Crippen molar-refractivity contribution < 1.29 is 18.0 Å². The molecule has 1 atom stereocenters. The molecule has 0 aliphatic heterocycles. The number of amides is 2. The van der Waals surface area contributed by atoms with Gasteiger partial charge in [-0.2, -0.15) is 0 Å². The van der Waals surface area contributed by atoms with Gasteiger partial charge in [0.25, 0.3) is 0 Å². The summed E-state index contributed by atoms with van der Waals surface area (Å²) in [5.74, 6) is -0.789. The summed E-state index contributed by atoms with van der Waals surface area (Å²) < 4.78 is 26.0. The van der Waals surface area contributed by atoms with Crippen LogP contribution in [-0.4, -0.2) is 51.0 Å². The van der Waals surface area contributed by atoms with Crippen molar-refractivity contribution in [2.75, 3.05) is 24.2 Å². The summed E-state index contributed by atoms with van der Waals surface area (Å²) in [4.78, 5) is 27.2. The number of nitrogens with one attached hydrogen (secondary N) is 1. The van der Waals surface area contributed by atoms with Gasteiger partial charge in [0.05, 0.1) is 11.9 Å². The number of hydrogen-bond donors (Lipinski definition) is 1. The Balaban J connectivity index is 2.40. The highest BCUT2D eigenvalue weighted by molar-refractivity contribution is 7.92. The maximum absolute atomic E-state index is 13.3. The van der Waals surface area contributed by atoms with Crippen LogP contribution in [0.1, 0.15) is 24.5 Å². The molecule has 0 aliphatic rings. The summed E-state index contributed by atoms with van der Waals surface area (Å²) in [6.45, 7) is 3.43. The SMILES string of the molecule is CCC(C(=O)NC)N(Cc1ccc(Cl)cc1)C(=O)CN(c1ccc(C)cc1)S(C)(=O)=O. The molecule has 2 aromatic rings. The molecule has 0 spiro atoms. The average molecular weight is 466 g/mol. The summed E-state index contributed by atoms with van der Waals surface area (Å²) in [5, 5.41) is 3.14. The molecule has 1 N–H and O–H groups in total. The van der Waals surface area contributed by atoms with Gasteiger partial charge < -0.3 is 10.2 Å². The van der Waals surface area contributed by atoms with Crippen LogP contribution in [0.5, 0.6) is 0 Å². The van der Waals surface area contributed by atoms with E-state index in [9.17, 15) is 18.0 Å². The first-order chi connectivity index (χ1) is 14.6. The first-order valence-corrected chi connectivity index (χ1v) is 12.1. The standard InChI is InChI=1S/C22H28ClN3O4S/c1-5-20(22(28)24-3)25(14-17-8-10-18(23)11-9-17)21(27)15-26(31(4,29)30)19-12-6-16(2)7-13-19/h6-13,20H,5,14-15H2,1-4H3,(H,24,28). The maximum atomic E-state index is 13.3. The number of aryl methyl sites for hydroxylation is 1. The van der Waals surface area contributed by atoms with Crippen LogP contribution < -0.4 is 9.62 Å². The van der Waals surface area contributed by atoms with Gasteiger partial charge in [0, 0.05) is 18.6 Å². The molecule has 9 heteroatoms. The topological polar surface area (TPSA) is 86.8 Å². The van der Waals surface area contributed by atoms with Crippen molar-refractivity contribution in [1.29, 1.82) is 0 Å². The number of hydrogen-bond acceptors (Lipinski definition) is 4. The molecule has 0 fully saturated rings. The second-order valence-electron chi connectivity index (χ2n) is 7.29. The van der Waals surface area contributed by atoms with E-state index in [-0.39, 0.29) is 12.5 Å². The van der Waals surface area contributed by atoms with E-state index in [1.54, 1.807) is 55.5 Å². The maximum Gasteiger partial charge on any atom is 0.244 e. The zero-order chi connectivity index (χ0) is 23.2. The third kappa shape index (κ3) is 6.70. The van der Waals surface area contributed by atoms with Gasteiger partial charge in [0.1, 0.15) is 12.6 Å². The van der Waals surface area contributed by atoms with Crippen molar-refractivity contribution in [3.63, 3.8) is 0 Å². The van der Waals surface area contributed by atoms with Crippen LogP contribution in [0.4, 0.5) is 5.69 Å². The number of halogens is 1. The first kappa shape index (κ1) is 24.7. The fourth-order valence-electron chi connectivity index (χ4n) is 3.20. The minimum Gasteiger partial charge on any atom is -0.357 e. The molecule has 0 saturated heterocycles. The van der Waals surface area contributed by atoms with E-state index in [1.165, 1.54) is 11.9 Å². The fraction of sp³-hybridized carbons (Fsp3) is 0.364. The number of carbonyl (C=O) groups excluding carboxylic acids is 2. The van der Waals surface area contributed by atoms with E-state index in [0.717, 1.165) is 21.7 Å². The van der Waals surface area contributed by atoms with E-state index < -0.39 is 28.5 Å². The van der Waals surface area contributed by atoms with Gasteiger partial charge in [0.15, 0.2) is 0 Å². The average Bonchev–Trinajstić information content (AvgIpc) is 2.72. The van der Waals surface area contributed by atoms with E-state index in [4.69, 9.17) is 11.6 Å². The van der Waals surface area contributed by atoms with E-state index in [1.807, 2.05) is 6.92 Å². The molecule has 0 aromatic heterocycles. The smallest absolute Gasteiger partial charge is 0.244 e. The lowest BCUT2D eigenvalue weighted by Crippen LogP contribution is -2.51. The number of benzene rings is 2. The zero-order valence-corrected chi connectivity index (χ0v) is 19.7. The molecule has 2 amide bonds. The van der Waals surface area contributed by atoms with Crippen LogP contribution in [-0.2, 0) is 26.2 Å². The molecule has 7 nitrogen and oxygen atoms in total. The molecule has 31 heavy (non-hydrogen) atoms. The number of sulfonamides is 1. The fourth-order valence-corrected chi connectivity index (χ4v) is 4.17. The van der Waals surface area contributed by atoms with Gasteiger partial charge in [-0.25, -0.2) is 8.42 Å². The minimum atomic E-state index is -3.73. The summed E-state index contributed by atoms with van der Waals surface area (Å²) in [5.41, 5.74) is 2.14. The van der Waals surface area contributed by atoms with Crippen LogP contribution in [0.3, 0.4) is 0 Å². The van der Waals surface area contributed by atoms with Gasteiger partial charge in [-0.1, -0.05) is 48.4 Å². The van der Waals surface area contributed by atoms with Crippen LogP contribution in [0.15, 0.2) is 48.5 Å². The lowest BCUT2D eigenvalue weighted by molar-refractivity contribution is -0.140. The van der Waals surface area contributed by atoms with Crippen LogP contribution in [0.25, 0.3) is 0 Å². The molecule has 0 heterocycles. The summed E-state index contributed by atoms with van der Waals surface area (Å²) in [6, 6.07) is 13.1. The molecular formula is C22H28ClN3O4S. The molecule has 0 radical (unpaired) electrons. The van der Waals surface area contributed by atoms with Gasteiger partial charge in [-0.05, 0) is 43.2 Å². The number of nitrogens with zero attached hydrogens (tertiary/aromatic N) is 2. The van der Waals surface area contributed by atoms with Crippen LogP contribution in [0, 0.1) is 6.92 Å². The Morgan fingerprint density at radius 1 is 1.06 bits per heavy atom. The summed E-state index contributed by atoms with van der Waals surface area (Å²) in [7, 11) is -2.22. The summed E-state index contributed by atoms with van der Waals surface area (Å²) in [6.07, 6.45) is 1.43. The van der Waals surface area contributed by atoms with E-state index in [0.29, 0.717) is 17.1 Å². The molecule has 2 rings (SSSR count). The zero-order valence-electron chi connectivity index (χ0n) is 18.1. The van der Waals surface area contributed by atoms with E-state index in [2.05, 4.69) is 5.32 Å². The van der Waals surface area contributed by atoms with Crippen molar-refractivity contribution in [2.45, 2.75) is 32.9 Å². The Morgan fingerprint density at radius 2 is 1.65 bits per heavy atom. The second-order valence-corrected chi connectivity index (χ2v) is 9.63. The van der Waals surface area contributed by atoms with Gasteiger partial charge in [0.2, 0.25) is 21.8 Å². The number of carbonyl (C=O) groups is 2. The Morgan fingerprint density at radius 3 is 2.13 bits per heavy atom. The van der Waals surface area contributed by atoms with Gasteiger partial charge >= 0.3 is 0 Å². The normalized spacial score (nSPS) is 12.2. The van der Waals surface area contributed by atoms with E-state index >= 15 is 0 Å². The van der Waals surface area contributed by atoms with Crippen LogP contribution in [0.2, 0.25) is 5.02 Å². The predicted molar refractivity (Wildman–Crippen MR) is 124 cm³/mol. The molecule has 0 saturated carbocycles. The monoisotopic (exact) mass is 465 g/mol. The van der Waals surface area contributed by atoms with Gasteiger partial charge in [-0.3, -0.25) is 13.9 Å². The quantitative estimate of drug-likeness (QED) is 0.616. The third-order valence-corrected chi connectivity index (χ3v) is 6.29. The highest BCUT2D eigenvalue weighted by Gasteiger charge is 2.31. The number of anilines is 1. The number of likely N-dealkylation sites (N-methyl/N-ethyl adjacent to an activating group) is 1. The van der Waals surface area contributed by atoms with Crippen molar-refractivity contribution in [3.05, 3.63) is 64.7 Å². The number of rotatable bonds is 9. The molecule has 0 bridgehead atoms. The molecule has 1 unspecified atom stereocenters. The Kier molecular flexibility index (Phi) is 8.47. The highest BCUT2D eigenvalue weighted by atomic mass is 35.5. The second kappa shape index (κ2) is 10.6. The van der Waals surface area contributed by atoms with Crippen molar-refractivity contribution in [3.8, 4) is 0 Å². The Hall–Kier alpha value is -2.58. The largest absolute Gasteiger partial charge is 0.357 e.